The summed E-state index contributed by atoms with van der Waals surface area (Å²) in [5.74, 6) is 0.279. The highest BCUT2D eigenvalue weighted by atomic mass is 32.1. The molecule has 1 aliphatic heterocycles. The molecule has 2 heterocycles. The fourth-order valence-electron chi connectivity index (χ4n) is 2.62. The van der Waals surface area contributed by atoms with E-state index in [1.54, 1.807) is 11.3 Å². The average molecular weight is 266 g/mol. The van der Waals surface area contributed by atoms with Gasteiger partial charge in [0.15, 0.2) is 10.9 Å². The zero-order chi connectivity index (χ0) is 12.5. The first-order chi connectivity index (χ1) is 8.79. The van der Waals surface area contributed by atoms with Crippen LogP contribution in [0.15, 0.2) is 0 Å². The van der Waals surface area contributed by atoms with Gasteiger partial charge in [0.05, 0.1) is 29.8 Å². The third-order valence-electron chi connectivity index (χ3n) is 3.70. The zero-order valence-corrected chi connectivity index (χ0v) is 11.5. The summed E-state index contributed by atoms with van der Waals surface area (Å²) in [6, 6.07) is 0.404. The number of hydrogen-bond donors (Lipinski definition) is 0. The normalized spacial score (nSPS) is 24.2. The molecule has 1 saturated heterocycles. The SMILES string of the molecule is CCC1COCCN1c1nc2c(s1)C(=O)CCC2. The van der Waals surface area contributed by atoms with E-state index in [9.17, 15) is 4.79 Å². The van der Waals surface area contributed by atoms with E-state index in [2.05, 4.69) is 11.8 Å². The maximum atomic E-state index is 11.9. The Labute approximate surface area is 111 Å². The van der Waals surface area contributed by atoms with Gasteiger partial charge in [0, 0.05) is 13.0 Å². The molecule has 1 atom stereocenters. The van der Waals surface area contributed by atoms with E-state index in [-0.39, 0.29) is 5.78 Å². The van der Waals surface area contributed by atoms with Crippen molar-refractivity contribution < 1.29 is 9.53 Å². The Morgan fingerprint density at radius 2 is 2.39 bits per heavy atom. The number of morpholine rings is 1. The van der Waals surface area contributed by atoms with Crippen LogP contribution in [0.5, 0.6) is 0 Å². The summed E-state index contributed by atoms with van der Waals surface area (Å²) in [6.07, 6.45) is 3.65. The van der Waals surface area contributed by atoms with Crippen LogP contribution in [0.2, 0.25) is 0 Å². The Balaban J connectivity index is 1.89. The highest BCUT2D eigenvalue weighted by molar-refractivity contribution is 7.17. The van der Waals surface area contributed by atoms with E-state index < -0.39 is 0 Å². The van der Waals surface area contributed by atoms with Gasteiger partial charge in [-0.3, -0.25) is 4.79 Å². The van der Waals surface area contributed by atoms with E-state index in [0.29, 0.717) is 12.5 Å². The van der Waals surface area contributed by atoms with Crippen LogP contribution < -0.4 is 4.90 Å². The average Bonchev–Trinajstić information content (AvgIpc) is 2.84. The molecule has 0 aromatic carbocycles. The number of rotatable bonds is 2. The van der Waals surface area contributed by atoms with Crippen LogP contribution in [-0.4, -0.2) is 36.6 Å². The number of Topliss-reactive ketones (excluding diaryl/α,β-unsaturated/α-hetero) is 1. The minimum absolute atomic E-state index is 0.279. The maximum Gasteiger partial charge on any atom is 0.186 e. The predicted octanol–water partition coefficient (Wildman–Crippen LogP) is 2.28. The Hall–Kier alpha value is -0.940. The molecule has 1 aliphatic carbocycles. The molecule has 0 saturated carbocycles. The van der Waals surface area contributed by atoms with E-state index in [1.807, 2.05) is 0 Å². The quantitative estimate of drug-likeness (QED) is 0.823. The summed E-state index contributed by atoms with van der Waals surface area (Å²) in [7, 11) is 0. The number of anilines is 1. The van der Waals surface area contributed by atoms with Gasteiger partial charge in [0.2, 0.25) is 0 Å². The van der Waals surface area contributed by atoms with Gasteiger partial charge in [0.25, 0.3) is 0 Å². The monoisotopic (exact) mass is 266 g/mol. The second-order valence-electron chi connectivity index (χ2n) is 4.88. The molecule has 0 bridgehead atoms. The lowest BCUT2D eigenvalue weighted by Gasteiger charge is -2.34. The van der Waals surface area contributed by atoms with Crippen molar-refractivity contribution in [3.05, 3.63) is 10.6 Å². The maximum absolute atomic E-state index is 11.9. The second-order valence-corrected chi connectivity index (χ2v) is 5.86. The van der Waals surface area contributed by atoms with Gasteiger partial charge in [-0.15, -0.1) is 0 Å². The lowest BCUT2D eigenvalue weighted by atomic mass is 10.0. The van der Waals surface area contributed by atoms with Crippen molar-refractivity contribution in [2.45, 2.75) is 38.6 Å². The number of ether oxygens (including phenoxy) is 1. The van der Waals surface area contributed by atoms with Crippen molar-refractivity contribution in [2.24, 2.45) is 0 Å². The molecule has 1 unspecified atom stereocenters. The van der Waals surface area contributed by atoms with Crippen LogP contribution in [0.3, 0.4) is 0 Å². The first kappa shape index (κ1) is 12.1. The van der Waals surface area contributed by atoms with Crippen molar-refractivity contribution in [1.82, 2.24) is 4.98 Å². The largest absolute Gasteiger partial charge is 0.377 e. The van der Waals surface area contributed by atoms with Crippen molar-refractivity contribution in [3.63, 3.8) is 0 Å². The highest BCUT2D eigenvalue weighted by Crippen LogP contribution is 2.33. The lowest BCUT2D eigenvalue weighted by Crippen LogP contribution is -2.45. The van der Waals surface area contributed by atoms with Gasteiger partial charge in [-0.2, -0.15) is 0 Å². The van der Waals surface area contributed by atoms with Gasteiger partial charge >= 0.3 is 0 Å². The van der Waals surface area contributed by atoms with Gasteiger partial charge in [-0.1, -0.05) is 18.3 Å². The molecule has 5 heteroatoms. The number of carbonyl (C=O) groups excluding carboxylic acids is 1. The molecule has 1 fully saturated rings. The van der Waals surface area contributed by atoms with Gasteiger partial charge in [-0.25, -0.2) is 4.98 Å². The van der Waals surface area contributed by atoms with Gasteiger partial charge in [-0.05, 0) is 19.3 Å². The first-order valence-electron chi connectivity index (χ1n) is 6.67. The highest BCUT2D eigenvalue weighted by Gasteiger charge is 2.28. The Morgan fingerprint density at radius 3 is 3.17 bits per heavy atom. The summed E-state index contributed by atoms with van der Waals surface area (Å²) in [4.78, 5) is 19.8. The van der Waals surface area contributed by atoms with E-state index in [4.69, 9.17) is 9.72 Å². The minimum Gasteiger partial charge on any atom is -0.377 e. The number of hydrogen-bond acceptors (Lipinski definition) is 5. The molecule has 0 radical (unpaired) electrons. The standard InChI is InChI=1S/C13H18N2O2S/c1-2-9-8-17-7-6-15(9)13-14-10-4-3-5-11(16)12(10)18-13/h9H,2-8H2,1H3. The van der Waals surface area contributed by atoms with Gasteiger partial charge < -0.3 is 9.64 Å². The topological polar surface area (TPSA) is 42.4 Å². The Kier molecular flexibility index (Phi) is 3.35. The summed E-state index contributed by atoms with van der Waals surface area (Å²) in [6.45, 7) is 4.59. The molecule has 0 N–H and O–H groups in total. The van der Waals surface area contributed by atoms with Crippen LogP contribution >= 0.6 is 11.3 Å². The fourth-order valence-corrected chi connectivity index (χ4v) is 3.80. The van der Waals surface area contributed by atoms with Crippen LogP contribution in [-0.2, 0) is 11.2 Å². The second kappa shape index (κ2) is 4.97. The predicted molar refractivity (Wildman–Crippen MR) is 71.6 cm³/mol. The smallest absolute Gasteiger partial charge is 0.186 e. The fraction of sp³-hybridized carbons (Fsp3) is 0.692. The minimum atomic E-state index is 0.279. The van der Waals surface area contributed by atoms with Crippen molar-refractivity contribution in [3.8, 4) is 0 Å². The number of carbonyl (C=O) groups is 1. The molecule has 98 valence electrons. The molecule has 3 rings (SSSR count). The summed E-state index contributed by atoms with van der Waals surface area (Å²) in [5, 5.41) is 1.02. The summed E-state index contributed by atoms with van der Waals surface area (Å²) < 4.78 is 5.52. The number of aromatic nitrogens is 1. The molecule has 4 nitrogen and oxygen atoms in total. The zero-order valence-electron chi connectivity index (χ0n) is 10.6. The van der Waals surface area contributed by atoms with Crippen LogP contribution in [0.1, 0.15) is 41.6 Å². The molecular weight excluding hydrogens is 248 g/mol. The number of fused-ring (bicyclic) bond motifs is 1. The van der Waals surface area contributed by atoms with Crippen LogP contribution in [0.4, 0.5) is 5.13 Å². The first-order valence-corrected chi connectivity index (χ1v) is 7.48. The molecule has 1 aromatic rings. The van der Waals surface area contributed by atoms with Crippen molar-refractivity contribution in [2.75, 3.05) is 24.7 Å². The number of thiazole rings is 1. The van der Waals surface area contributed by atoms with E-state index in [1.165, 1.54) is 0 Å². The molecule has 0 spiro atoms. The molecular formula is C13H18N2O2S. The van der Waals surface area contributed by atoms with Crippen molar-refractivity contribution in [1.29, 1.82) is 0 Å². The molecule has 2 aliphatic rings. The molecule has 1 aromatic heterocycles. The van der Waals surface area contributed by atoms with E-state index in [0.717, 1.165) is 54.7 Å². The summed E-state index contributed by atoms with van der Waals surface area (Å²) >= 11 is 1.58. The molecule has 0 amide bonds. The summed E-state index contributed by atoms with van der Waals surface area (Å²) in [5.41, 5.74) is 1.02. The lowest BCUT2D eigenvalue weighted by molar-refractivity contribution is 0.0929. The number of ketones is 1. The Morgan fingerprint density at radius 1 is 1.50 bits per heavy atom. The third-order valence-corrected chi connectivity index (χ3v) is 4.88. The number of aryl methyl sites for hydroxylation is 1. The van der Waals surface area contributed by atoms with Crippen LogP contribution in [0, 0.1) is 0 Å². The third kappa shape index (κ3) is 2.06. The van der Waals surface area contributed by atoms with Gasteiger partial charge in [0.1, 0.15) is 0 Å². The van der Waals surface area contributed by atoms with Crippen molar-refractivity contribution >= 4 is 22.3 Å². The van der Waals surface area contributed by atoms with E-state index >= 15 is 0 Å². The Bertz CT molecular complexity index is 458. The van der Waals surface area contributed by atoms with Crippen LogP contribution in [0.25, 0.3) is 0 Å². The molecule has 18 heavy (non-hydrogen) atoms. The number of nitrogens with zero attached hydrogens (tertiary/aromatic N) is 2.